The molecule has 0 aliphatic carbocycles. The van der Waals surface area contributed by atoms with Gasteiger partial charge in [-0.1, -0.05) is 158 Å². The standard InChI is InChI=1S/C51H32N4O/c1-4-14-33(15-5-1)36-20-12-21-39(30-36)50-52-49(35-18-8-3-9-19-35)53-51(54-50)55-45-25-11-10-22-41(45)43-24-13-23-40(48(43)55)38-27-29-46-44(31-38)42-28-26-37(32-47(42)56-46)34-16-6-2-7-17-34/h1-32H. The van der Waals surface area contributed by atoms with E-state index in [9.17, 15) is 0 Å². The maximum Gasteiger partial charge on any atom is 0.238 e. The van der Waals surface area contributed by atoms with E-state index in [2.05, 4.69) is 156 Å². The topological polar surface area (TPSA) is 56.7 Å². The number of aromatic nitrogens is 4. The maximum atomic E-state index is 6.45. The Labute approximate surface area is 322 Å². The van der Waals surface area contributed by atoms with Crippen molar-refractivity contribution >= 4 is 43.7 Å². The predicted octanol–water partition coefficient (Wildman–Crippen LogP) is 13.2. The molecule has 5 heteroatoms. The second-order valence-corrected chi connectivity index (χ2v) is 14.0. The average molecular weight is 717 g/mol. The number of furan rings is 1. The van der Waals surface area contributed by atoms with Gasteiger partial charge in [-0.2, -0.15) is 9.97 Å². The van der Waals surface area contributed by atoms with Crippen LogP contribution in [0.2, 0.25) is 0 Å². The lowest BCUT2D eigenvalue weighted by Gasteiger charge is -2.13. The van der Waals surface area contributed by atoms with Gasteiger partial charge < -0.3 is 4.42 Å². The van der Waals surface area contributed by atoms with Gasteiger partial charge in [-0.25, -0.2) is 4.98 Å². The summed E-state index contributed by atoms with van der Waals surface area (Å²) >= 11 is 0. The van der Waals surface area contributed by atoms with Crippen LogP contribution in [0, 0.1) is 0 Å². The van der Waals surface area contributed by atoms with Crippen LogP contribution in [0.3, 0.4) is 0 Å². The van der Waals surface area contributed by atoms with Crippen LogP contribution >= 0.6 is 0 Å². The van der Waals surface area contributed by atoms with Crippen LogP contribution in [0.4, 0.5) is 0 Å². The highest BCUT2D eigenvalue weighted by Crippen LogP contribution is 2.40. The number of hydrogen-bond donors (Lipinski definition) is 0. The van der Waals surface area contributed by atoms with Crippen molar-refractivity contribution in [3.63, 3.8) is 0 Å². The first-order valence-corrected chi connectivity index (χ1v) is 18.8. The van der Waals surface area contributed by atoms with Gasteiger partial charge in [0, 0.05) is 38.2 Å². The van der Waals surface area contributed by atoms with E-state index in [0.29, 0.717) is 17.6 Å². The second kappa shape index (κ2) is 13.0. The molecule has 3 heterocycles. The Kier molecular flexibility index (Phi) is 7.42. The second-order valence-electron chi connectivity index (χ2n) is 14.0. The van der Waals surface area contributed by atoms with Crippen LogP contribution in [0.1, 0.15) is 0 Å². The fourth-order valence-electron chi connectivity index (χ4n) is 7.99. The molecule has 0 spiro atoms. The number of para-hydroxylation sites is 2. The third-order valence-corrected chi connectivity index (χ3v) is 10.7. The molecule has 0 amide bonds. The van der Waals surface area contributed by atoms with Gasteiger partial charge in [0.2, 0.25) is 5.95 Å². The van der Waals surface area contributed by atoms with Crippen molar-refractivity contribution in [2.45, 2.75) is 0 Å². The summed E-state index contributed by atoms with van der Waals surface area (Å²) in [4.78, 5) is 15.6. The lowest BCUT2D eigenvalue weighted by molar-refractivity contribution is 0.669. The van der Waals surface area contributed by atoms with E-state index in [1.54, 1.807) is 0 Å². The van der Waals surface area contributed by atoms with Crippen LogP contribution < -0.4 is 0 Å². The van der Waals surface area contributed by atoms with Gasteiger partial charge in [-0.15, -0.1) is 0 Å². The highest BCUT2D eigenvalue weighted by molar-refractivity contribution is 6.15. The predicted molar refractivity (Wildman–Crippen MR) is 229 cm³/mol. The Balaban J connectivity index is 1.13. The van der Waals surface area contributed by atoms with Gasteiger partial charge >= 0.3 is 0 Å². The number of fused-ring (bicyclic) bond motifs is 6. The molecule has 0 saturated carbocycles. The Bertz CT molecular complexity index is 3240. The molecule has 0 bridgehead atoms. The van der Waals surface area contributed by atoms with Crippen molar-refractivity contribution in [3.05, 3.63) is 194 Å². The maximum absolute atomic E-state index is 6.45. The van der Waals surface area contributed by atoms with E-state index >= 15 is 0 Å². The van der Waals surface area contributed by atoms with Crippen molar-refractivity contribution in [1.82, 2.24) is 19.5 Å². The zero-order chi connectivity index (χ0) is 37.0. The largest absolute Gasteiger partial charge is 0.456 e. The SMILES string of the molecule is c1ccc(-c2cccc(-c3nc(-c4ccccc4)nc(-n4c5ccccc5c5cccc(-c6ccc7oc8cc(-c9ccccc9)ccc8c7c6)c54)n3)c2)cc1. The number of rotatable bonds is 6. The van der Waals surface area contributed by atoms with Gasteiger partial charge in [-0.05, 0) is 64.2 Å². The van der Waals surface area contributed by atoms with Gasteiger partial charge in [0.1, 0.15) is 11.2 Å². The minimum absolute atomic E-state index is 0.556. The molecule has 0 atom stereocenters. The van der Waals surface area contributed by atoms with E-state index in [-0.39, 0.29) is 0 Å². The summed E-state index contributed by atoms with van der Waals surface area (Å²) in [6.07, 6.45) is 0. The van der Waals surface area contributed by atoms with Crippen LogP contribution in [-0.4, -0.2) is 19.5 Å². The molecule has 5 nitrogen and oxygen atoms in total. The van der Waals surface area contributed by atoms with Crippen molar-refractivity contribution in [3.8, 4) is 62.1 Å². The Hall–Kier alpha value is -7.63. The van der Waals surface area contributed by atoms with Crippen molar-refractivity contribution < 1.29 is 4.42 Å². The summed E-state index contributed by atoms with van der Waals surface area (Å²) in [5.74, 6) is 1.78. The van der Waals surface area contributed by atoms with Crippen LogP contribution in [-0.2, 0) is 0 Å². The highest BCUT2D eigenvalue weighted by Gasteiger charge is 2.21. The van der Waals surface area contributed by atoms with E-state index in [1.807, 2.05) is 42.5 Å². The fourth-order valence-corrected chi connectivity index (χ4v) is 7.99. The minimum atomic E-state index is 0.556. The number of nitrogens with zero attached hydrogens (tertiary/aromatic N) is 4. The number of benzene rings is 8. The lowest BCUT2D eigenvalue weighted by Crippen LogP contribution is -2.07. The highest BCUT2D eigenvalue weighted by atomic mass is 16.3. The molecule has 3 aromatic heterocycles. The fraction of sp³-hybridized carbons (Fsp3) is 0. The summed E-state index contributed by atoms with van der Waals surface area (Å²) in [5.41, 5.74) is 12.3. The summed E-state index contributed by atoms with van der Waals surface area (Å²) in [5, 5.41) is 4.41. The molecule has 0 radical (unpaired) electrons. The molecule has 8 aromatic carbocycles. The molecule has 0 unspecified atom stereocenters. The smallest absolute Gasteiger partial charge is 0.238 e. The molecule has 56 heavy (non-hydrogen) atoms. The third kappa shape index (κ3) is 5.37. The van der Waals surface area contributed by atoms with E-state index in [1.165, 1.54) is 0 Å². The first kappa shape index (κ1) is 31.9. The monoisotopic (exact) mass is 716 g/mol. The average Bonchev–Trinajstić information content (AvgIpc) is 3.82. The molecule has 0 N–H and O–H groups in total. The van der Waals surface area contributed by atoms with E-state index in [0.717, 1.165) is 88.3 Å². The first-order valence-electron chi connectivity index (χ1n) is 18.8. The molecule has 0 aliphatic rings. The van der Waals surface area contributed by atoms with Crippen LogP contribution in [0.5, 0.6) is 0 Å². The first-order chi connectivity index (χ1) is 27.7. The zero-order valence-corrected chi connectivity index (χ0v) is 30.2. The summed E-state index contributed by atoms with van der Waals surface area (Å²) < 4.78 is 8.66. The molecular formula is C51H32N4O. The zero-order valence-electron chi connectivity index (χ0n) is 30.2. The molecule has 0 aliphatic heterocycles. The molecule has 11 aromatic rings. The van der Waals surface area contributed by atoms with Gasteiger partial charge in [0.15, 0.2) is 11.6 Å². The summed E-state index contributed by atoms with van der Waals surface area (Å²) in [6.45, 7) is 0. The van der Waals surface area contributed by atoms with Gasteiger partial charge in [-0.3, -0.25) is 4.57 Å². The van der Waals surface area contributed by atoms with E-state index in [4.69, 9.17) is 19.4 Å². The normalized spacial score (nSPS) is 11.6. The Morgan fingerprint density at radius 2 is 0.929 bits per heavy atom. The van der Waals surface area contributed by atoms with Crippen LogP contribution in [0.25, 0.3) is 106 Å². The van der Waals surface area contributed by atoms with Gasteiger partial charge in [0.05, 0.1) is 11.0 Å². The van der Waals surface area contributed by atoms with Crippen molar-refractivity contribution in [2.75, 3.05) is 0 Å². The molecule has 11 rings (SSSR count). The number of hydrogen-bond acceptors (Lipinski definition) is 4. The summed E-state index contributed by atoms with van der Waals surface area (Å²) in [7, 11) is 0. The Morgan fingerprint density at radius 3 is 1.70 bits per heavy atom. The van der Waals surface area contributed by atoms with Crippen molar-refractivity contribution in [2.24, 2.45) is 0 Å². The van der Waals surface area contributed by atoms with E-state index < -0.39 is 0 Å². The molecular weight excluding hydrogens is 685 g/mol. The Morgan fingerprint density at radius 1 is 0.339 bits per heavy atom. The molecule has 262 valence electrons. The summed E-state index contributed by atoms with van der Waals surface area (Å²) in [6, 6.07) is 67.4. The van der Waals surface area contributed by atoms with Crippen molar-refractivity contribution in [1.29, 1.82) is 0 Å². The third-order valence-electron chi connectivity index (χ3n) is 10.7. The van der Waals surface area contributed by atoms with Gasteiger partial charge in [0.25, 0.3) is 0 Å². The lowest BCUT2D eigenvalue weighted by atomic mass is 9.99. The quantitative estimate of drug-likeness (QED) is 0.172. The minimum Gasteiger partial charge on any atom is -0.456 e. The van der Waals surface area contributed by atoms with Crippen LogP contribution in [0.15, 0.2) is 199 Å². The molecule has 0 fully saturated rings. The molecule has 0 saturated heterocycles.